The van der Waals surface area contributed by atoms with Crippen molar-refractivity contribution >= 4 is 17.3 Å². The monoisotopic (exact) mass is 324 g/mol. The summed E-state index contributed by atoms with van der Waals surface area (Å²) in [5.41, 5.74) is 0.864. The average Bonchev–Trinajstić information content (AvgIpc) is 2.80. The number of halogens is 3. The van der Waals surface area contributed by atoms with Gasteiger partial charge in [-0.2, -0.15) is 0 Å². The van der Waals surface area contributed by atoms with Gasteiger partial charge in [0.2, 0.25) is 5.91 Å². The van der Waals surface area contributed by atoms with E-state index in [2.05, 4.69) is 20.1 Å². The third kappa shape index (κ3) is 3.65. The first-order valence-electron chi connectivity index (χ1n) is 6.60. The lowest BCUT2D eigenvalue weighted by molar-refractivity contribution is -0.286. The molecule has 3 rings (SSSR count). The molecule has 1 amide bonds. The smallest absolute Gasteiger partial charge is 0.395 e. The van der Waals surface area contributed by atoms with Crippen LogP contribution in [0.4, 0.5) is 24.5 Å². The van der Waals surface area contributed by atoms with Gasteiger partial charge in [0.05, 0.1) is 6.54 Å². The largest absolute Gasteiger partial charge is 0.586 e. The van der Waals surface area contributed by atoms with Gasteiger partial charge in [0.1, 0.15) is 5.82 Å². The minimum Gasteiger partial charge on any atom is -0.395 e. The summed E-state index contributed by atoms with van der Waals surface area (Å²) in [5, 5.41) is 5.33. The second-order valence-electron chi connectivity index (χ2n) is 4.74. The number of carbonyl (C=O) groups is 1. The van der Waals surface area contributed by atoms with Crippen molar-refractivity contribution in [3.63, 3.8) is 0 Å². The molecule has 1 aliphatic heterocycles. The first-order valence-corrected chi connectivity index (χ1v) is 6.60. The number of hydrogen-bond donors (Lipinski definition) is 2. The number of alkyl halides is 2. The van der Waals surface area contributed by atoms with Gasteiger partial charge in [-0.05, 0) is 36.4 Å². The second-order valence-corrected chi connectivity index (χ2v) is 4.74. The van der Waals surface area contributed by atoms with Crippen LogP contribution in [-0.2, 0) is 4.79 Å². The third-order valence-corrected chi connectivity index (χ3v) is 2.98. The molecular formula is C15H11F3N2O3. The van der Waals surface area contributed by atoms with Crippen molar-refractivity contribution in [1.82, 2.24) is 0 Å². The van der Waals surface area contributed by atoms with Crippen LogP contribution in [0.15, 0.2) is 42.5 Å². The number of anilines is 2. The van der Waals surface area contributed by atoms with Crippen LogP contribution in [0.1, 0.15) is 0 Å². The molecule has 1 aliphatic rings. The molecule has 0 unspecified atom stereocenters. The number of amides is 1. The van der Waals surface area contributed by atoms with E-state index in [1.165, 1.54) is 42.5 Å². The summed E-state index contributed by atoms with van der Waals surface area (Å²) in [6.45, 7) is -0.0732. The molecule has 0 atom stereocenters. The second kappa shape index (κ2) is 5.71. The summed E-state index contributed by atoms with van der Waals surface area (Å²) in [4.78, 5) is 11.8. The van der Waals surface area contributed by atoms with Crippen molar-refractivity contribution < 1.29 is 27.4 Å². The van der Waals surface area contributed by atoms with E-state index in [1.807, 2.05) is 0 Å². The number of ether oxygens (including phenoxy) is 2. The van der Waals surface area contributed by atoms with Gasteiger partial charge in [0.25, 0.3) is 0 Å². The molecule has 0 aliphatic carbocycles. The lowest BCUT2D eigenvalue weighted by Gasteiger charge is -2.08. The first-order chi connectivity index (χ1) is 10.9. The van der Waals surface area contributed by atoms with Crippen LogP contribution < -0.4 is 20.1 Å². The Labute approximate surface area is 129 Å². The van der Waals surface area contributed by atoms with Crippen LogP contribution in [0, 0.1) is 5.82 Å². The third-order valence-electron chi connectivity index (χ3n) is 2.98. The molecule has 0 aromatic heterocycles. The van der Waals surface area contributed by atoms with Crippen molar-refractivity contribution in [3.05, 3.63) is 48.3 Å². The average molecular weight is 324 g/mol. The van der Waals surface area contributed by atoms with Gasteiger partial charge in [-0.15, -0.1) is 8.78 Å². The van der Waals surface area contributed by atoms with E-state index in [1.54, 1.807) is 0 Å². The Balaban J connectivity index is 1.57. The van der Waals surface area contributed by atoms with Gasteiger partial charge in [-0.3, -0.25) is 4.79 Å². The van der Waals surface area contributed by atoms with Crippen LogP contribution in [0.5, 0.6) is 11.5 Å². The highest BCUT2D eigenvalue weighted by Crippen LogP contribution is 2.42. The van der Waals surface area contributed by atoms with Crippen LogP contribution in [0.3, 0.4) is 0 Å². The Bertz CT molecular complexity index is 735. The molecule has 0 bridgehead atoms. The zero-order valence-electron chi connectivity index (χ0n) is 11.6. The number of benzene rings is 2. The number of fused-ring (bicyclic) bond motifs is 1. The van der Waals surface area contributed by atoms with Gasteiger partial charge in [-0.1, -0.05) is 0 Å². The molecule has 0 spiro atoms. The van der Waals surface area contributed by atoms with Gasteiger partial charge in [-0.25, -0.2) is 4.39 Å². The van der Waals surface area contributed by atoms with Crippen molar-refractivity contribution in [1.29, 1.82) is 0 Å². The zero-order chi connectivity index (χ0) is 16.4. The van der Waals surface area contributed by atoms with E-state index in [0.29, 0.717) is 5.69 Å². The van der Waals surface area contributed by atoms with E-state index in [0.717, 1.165) is 0 Å². The molecular weight excluding hydrogens is 313 g/mol. The fraction of sp³-hybridized carbons (Fsp3) is 0.133. The Morgan fingerprint density at radius 1 is 1.00 bits per heavy atom. The van der Waals surface area contributed by atoms with E-state index >= 15 is 0 Å². The minimum atomic E-state index is -3.70. The molecule has 2 N–H and O–H groups in total. The highest BCUT2D eigenvalue weighted by Gasteiger charge is 2.43. The quantitative estimate of drug-likeness (QED) is 0.907. The molecule has 2 aromatic rings. The summed E-state index contributed by atoms with van der Waals surface area (Å²) in [6.07, 6.45) is -3.70. The maximum absolute atomic E-state index is 12.9. The molecule has 2 aromatic carbocycles. The van der Waals surface area contributed by atoms with Gasteiger partial charge >= 0.3 is 6.29 Å². The number of carbonyl (C=O) groups excluding carboxylic acids is 1. The summed E-state index contributed by atoms with van der Waals surface area (Å²) in [7, 11) is 0. The SMILES string of the molecule is O=C(CNc1ccc(F)cc1)Nc1ccc2c(c1)OC(F)(F)O2. The van der Waals surface area contributed by atoms with E-state index < -0.39 is 12.2 Å². The summed E-state index contributed by atoms with van der Waals surface area (Å²) in [5.74, 6) is -1.03. The minimum absolute atomic E-state index is 0.0732. The Morgan fingerprint density at radius 3 is 2.39 bits per heavy atom. The fourth-order valence-electron chi connectivity index (χ4n) is 1.98. The normalized spacial score (nSPS) is 14.4. The standard InChI is InChI=1S/C15H11F3N2O3/c16-9-1-3-10(4-2-9)19-8-14(21)20-11-5-6-12-13(7-11)23-15(17,18)22-12/h1-7,19H,8H2,(H,20,21). The van der Waals surface area contributed by atoms with E-state index in [9.17, 15) is 18.0 Å². The molecule has 0 saturated carbocycles. The predicted octanol–water partition coefficient (Wildman–Crippen LogP) is 3.20. The predicted molar refractivity (Wildman–Crippen MR) is 76.2 cm³/mol. The van der Waals surface area contributed by atoms with Crippen molar-refractivity contribution in [2.24, 2.45) is 0 Å². The lowest BCUT2D eigenvalue weighted by atomic mass is 10.2. The maximum atomic E-state index is 12.9. The summed E-state index contributed by atoms with van der Waals surface area (Å²) < 4.78 is 47.1. The van der Waals surface area contributed by atoms with Crippen LogP contribution >= 0.6 is 0 Å². The number of hydrogen-bond acceptors (Lipinski definition) is 4. The topological polar surface area (TPSA) is 59.6 Å². The van der Waals surface area contributed by atoms with Crippen LogP contribution in [-0.4, -0.2) is 18.7 Å². The molecule has 8 heteroatoms. The molecule has 5 nitrogen and oxygen atoms in total. The van der Waals surface area contributed by atoms with Crippen LogP contribution in [0.2, 0.25) is 0 Å². The van der Waals surface area contributed by atoms with Crippen molar-refractivity contribution in [2.45, 2.75) is 6.29 Å². The highest BCUT2D eigenvalue weighted by atomic mass is 19.3. The number of nitrogens with one attached hydrogen (secondary N) is 2. The van der Waals surface area contributed by atoms with E-state index in [4.69, 9.17) is 0 Å². The van der Waals surface area contributed by atoms with Crippen LogP contribution in [0.25, 0.3) is 0 Å². The highest BCUT2D eigenvalue weighted by molar-refractivity contribution is 5.94. The molecule has 23 heavy (non-hydrogen) atoms. The van der Waals surface area contributed by atoms with Gasteiger partial charge < -0.3 is 20.1 Å². The Kier molecular flexibility index (Phi) is 3.73. The molecule has 0 fully saturated rings. The Hall–Kier alpha value is -2.90. The van der Waals surface area contributed by atoms with E-state index in [-0.39, 0.29) is 29.5 Å². The van der Waals surface area contributed by atoms with Gasteiger partial charge in [0, 0.05) is 17.4 Å². The summed E-state index contributed by atoms with van der Waals surface area (Å²) >= 11 is 0. The fourth-order valence-corrected chi connectivity index (χ4v) is 1.98. The van der Waals surface area contributed by atoms with Crippen molar-refractivity contribution in [2.75, 3.05) is 17.2 Å². The lowest BCUT2D eigenvalue weighted by Crippen LogP contribution is -2.25. The maximum Gasteiger partial charge on any atom is 0.586 e. The first kappa shape index (κ1) is 15.0. The molecule has 1 heterocycles. The Morgan fingerprint density at radius 2 is 1.65 bits per heavy atom. The van der Waals surface area contributed by atoms with Crippen molar-refractivity contribution in [3.8, 4) is 11.5 Å². The zero-order valence-corrected chi connectivity index (χ0v) is 11.6. The molecule has 120 valence electrons. The molecule has 0 radical (unpaired) electrons. The molecule has 0 saturated heterocycles. The summed E-state index contributed by atoms with van der Waals surface area (Å²) in [6, 6.07) is 9.44. The number of rotatable bonds is 4. The van der Waals surface area contributed by atoms with Gasteiger partial charge in [0.15, 0.2) is 11.5 Å².